The monoisotopic (exact) mass is 315 g/mol. The summed E-state index contributed by atoms with van der Waals surface area (Å²) in [6.45, 7) is 2.49. The van der Waals surface area contributed by atoms with E-state index in [4.69, 9.17) is 19.9 Å². The van der Waals surface area contributed by atoms with Crippen molar-refractivity contribution in [1.29, 1.82) is 0 Å². The van der Waals surface area contributed by atoms with Gasteiger partial charge in [-0.3, -0.25) is 0 Å². The molecule has 122 valence electrons. The van der Waals surface area contributed by atoms with E-state index in [1.807, 2.05) is 37.3 Å². The van der Waals surface area contributed by atoms with Gasteiger partial charge in [0.2, 0.25) is 0 Å². The lowest BCUT2D eigenvalue weighted by atomic mass is 10.2. The van der Waals surface area contributed by atoms with Gasteiger partial charge in [0, 0.05) is 6.04 Å². The Balaban J connectivity index is 2.26. The van der Waals surface area contributed by atoms with E-state index in [2.05, 4.69) is 0 Å². The van der Waals surface area contributed by atoms with Gasteiger partial charge in [-0.05, 0) is 24.6 Å². The molecule has 5 nitrogen and oxygen atoms in total. The van der Waals surface area contributed by atoms with Gasteiger partial charge in [-0.25, -0.2) is 4.79 Å². The van der Waals surface area contributed by atoms with Gasteiger partial charge in [0.15, 0.2) is 11.5 Å². The summed E-state index contributed by atoms with van der Waals surface area (Å²) < 4.78 is 16.3. The van der Waals surface area contributed by atoms with Crippen molar-refractivity contribution in [2.75, 3.05) is 13.7 Å². The van der Waals surface area contributed by atoms with Gasteiger partial charge in [0.1, 0.15) is 18.8 Å². The minimum atomic E-state index is -0.473. The molecule has 0 fully saturated rings. The number of carbonyl (C=O) groups excluding carboxylic acids is 1. The minimum Gasteiger partial charge on any atom is -0.488 e. The van der Waals surface area contributed by atoms with Gasteiger partial charge in [-0.1, -0.05) is 36.4 Å². The Bertz CT molecular complexity index is 641. The first-order chi connectivity index (χ1) is 11.1. The van der Waals surface area contributed by atoms with Crippen LogP contribution in [0.15, 0.2) is 48.5 Å². The van der Waals surface area contributed by atoms with Crippen LogP contribution in [-0.4, -0.2) is 25.7 Å². The third-order valence-corrected chi connectivity index (χ3v) is 3.11. The van der Waals surface area contributed by atoms with Crippen LogP contribution in [0.2, 0.25) is 0 Å². The summed E-state index contributed by atoms with van der Waals surface area (Å²) in [6, 6.07) is 14.7. The average molecular weight is 315 g/mol. The Kier molecular flexibility index (Phi) is 6.00. The topological polar surface area (TPSA) is 70.8 Å². The van der Waals surface area contributed by atoms with Crippen molar-refractivity contribution in [3.8, 4) is 11.5 Å². The van der Waals surface area contributed by atoms with Crippen LogP contribution >= 0.6 is 0 Å². The Morgan fingerprint density at radius 1 is 1.09 bits per heavy atom. The molecule has 2 aromatic rings. The molecule has 0 saturated carbocycles. The van der Waals surface area contributed by atoms with Gasteiger partial charge >= 0.3 is 5.97 Å². The first-order valence-electron chi connectivity index (χ1n) is 7.38. The highest BCUT2D eigenvalue weighted by Crippen LogP contribution is 2.32. The number of benzene rings is 2. The second-order valence-electron chi connectivity index (χ2n) is 5.19. The van der Waals surface area contributed by atoms with Crippen molar-refractivity contribution >= 4 is 5.97 Å². The molecular weight excluding hydrogens is 294 g/mol. The summed E-state index contributed by atoms with van der Waals surface area (Å²) >= 11 is 0. The zero-order valence-electron chi connectivity index (χ0n) is 13.3. The molecule has 0 aliphatic rings. The number of ether oxygens (including phenoxy) is 3. The second kappa shape index (κ2) is 8.19. The predicted octanol–water partition coefficient (Wildman–Crippen LogP) is 2.78. The van der Waals surface area contributed by atoms with E-state index in [9.17, 15) is 4.79 Å². The van der Waals surface area contributed by atoms with Crippen molar-refractivity contribution in [2.45, 2.75) is 19.6 Å². The lowest BCUT2D eigenvalue weighted by molar-refractivity contribution is 0.0594. The maximum atomic E-state index is 12.0. The maximum Gasteiger partial charge on any atom is 0.341 e. The lowest BCUT2D eigenvalue weighted by Crippen LogP contribution is -2.24. The van der Waals surface area contributed by atoms with Crippen molar-refractivity contribution in [2.24, 2.45) is 5.73 Å². The summed E-state index contributed by atoms with van der Waals surface area (Å²) in [5.74, 6) is 0.365. The van der Waals surface area contributed by atoms with E-state index >= 15 is 0 Å². The molecule has 2 rings (SSSR count). The molecule has 0 spiro atoms. The summed E-state index contributed by atoms with van der Waals surface area (Å²) in [6.07, 6.45) is 0. The Hall–Kier alpha value is -2.53. The smallest absolute Gasteiger partial charge is 0.341 e. The zero-order valence-corrected chi connectivity index (χ0v) is 13.3. The molecule has 23 heavy (non-hydrogen) atoms. The number of carbonyl (C=O) groups is 1. The Morgan fingerprint density at radius 2 is 1.83 bits per heavy atom. The molecule has 0 bridgehead atoms. The summed E-state index contributed by atoms with van der Waals surface area (Å²) in [7, 11) is 1.33. The van der Waals surface area contributed by atoms with Gasteiger partial charge in [-0.15, -0.1) is 0 Å². The van der Waals surface area contributed by atoms with Crippen LogP contribution in [0.3, 0.4) is 0 Å². The summed E-state index contributed by atoms with van der Waals surface area (Å²) in [5, 5.41) is 0. The highest BCUT2D eigenvalue weighted by Gasteiger charge is 2.18. The predicted molar refractivity (Wildman–Crippen MR) is 87.7 cm³/mol. The first kappa shape index (κ1) is 16.8. The van der Waals surface area contributed by atoms with Crippen LogP contribution < -0.4 is 15.2 Å². The number of rotatable bonds is 7. The molecule has 0 aliphatic carbocycles. The van der Waals surface area contributed by atoms with Crippen molar-refractivity contribution < 1.29 is 19.0 Å². The number of nitrogens with two attached hydrogens (primary N) is 1. The summed E-state index contributed by atoms with van der Waals surface area (Å²) in [4.78, 5) is 12.0. The van der Waals surface area contributed by atoms with Gasteiger partial charge in [0.05, 0.1) is 7.11 Å². The zero-order chi connectivity index (χ0) is 16.7. The maximum absolute atomic E-state index is 12.0. The molecule has 0 aromatic heterocycles. The Labute approximate surface area is 136 Å². The van der Waals surface area contributed by atoms with E-state index in [-0.39, 0.29) is 6.04 Å². The fourth-order valence-electron chi connectivity index (χ4n) is 2.00. The molecular formula is C18H21NO4. The van der Waals surface area contributed by atoms with Crippen molar-refractivity contribution in [3.05, 3.63) is 59.7 Å². The highest BCUT2D eigenvalue weighted by atomic mass is 16.5. The molecule has 0 heterocycles. The van der Waals surface area contributed by atoms with Crippen LogP contribution in [0.5, 0.6) is 11.5 Å². The molecule has 2 N–H and O–H groups in total. The van der Waals surface area contributed by atoms with Gasteiger partial charge in [0.25, 0.3) is 0 Å². The Morgan fingerprint density at radius 3 is 2.48 bits per heavy atom. The number of methoxy groups -OCH3 is 1. The van der Waals surface area contributed by atoms with E-state index in [0.29, 0.717) is 30.3 Å². The lowest BCUT2D eigenvalue weighted by Gasteiger charge is -2.16. The SMILES string of the molecule is COC(=O)c1cccc(OC[C@H](C)N)c1OCc1ccccc1. The van der Waals surface area contributed by atoms with Gasteiger partial charge < -0.3 is 19.9 Å². The second-order valence-corrected chi connectivity index (χ2v) is 5.19. The molecule has 0 amide bonds. The molecule has 0 unspecified atom stereocenters. The van der Waals surface area contributed by atoms with E-state index in [0.717, 1.165) is 5.56 Å². The van der Waals surface area contributed by atoms with Crippen LogP contribution in [0.1, 0.15) is 22.8 Å². The standard InChI is InChI=1S/C18H21NO4/c1-13(19)11-22-16-10-6-9-15(18(20)21-2)17(16)23-12-14-7-4-3-5-8-14/h3-10,13H,11-12,19H2,1-2H3/t13-/m0/s1. The number of hydrogen-bond donors (Lipinski definition) is 1. The number of para-hydroxylation sites is 1. The highest BCUT2D eigenvalue weighted by molar-refractivity contribution is 5.93. The van der Waals surface area contributed by atoms with Crippen LogP contribution in [-0.2, 0) is 11.3 Å². The van der Waals surface area contributed by atoms with Gasteiger partial charge in [-0.2, -0.15) is 0 Å². The molecule has 0 radical (unpaired) electrons. The molecule has 2 aromatic carbocycles. The van der Waals surface area contributed by atoms with Crippen LogP contribution in [0, 0.1) is 0 Å². The fourth-order valence-corrected chi connectivity index (χ4v) is 2.00. The van der Waals surface area contributed by atoms with Crippen molar-refractivity contribution in [3.63, 3.8) is 0 Å². The fraction of sp³-hybridized carbons (Fsp3) is 0.278. The largest absolute Gasteiger partial charge is 0.488 e. The molecule has 5 heteroatoms. The minimum absolute atomic E-state index is 0.126. The third kappa shape index (κ3) is 4.72. The van der Waals surface area contributed by atoms with E-state index in [1.165, 1.54) is 7.11 Å². The van der Waals surface area contributed by atoms with Crippen molar-refractivity contribution in [1.82, 2.24) is 0 Å². The molecule has 1 atom stereocenters. The normalized spacial score (nSPS) is 11.6. The number of esters is 1. The van der Waals surface area contributed by atoms with Crippen LogP contribution in [0.4, 0.5) is 0 Å². The van der Waals surface area contributed by atoms with E-state index < -0.39 is 5.97 Å². The number of hydrogen-bond acceptors (Lipinski definition) is 5. The quantitative estimate of drug-likeness (QED) is 0.796. The summed E-state index contributed by atoms with van der Waals surface area (Å²) in [5.41, 5.74) is 7.04. The molecule has 0 aliphatic heterocycles. The third-order valence-electron chi connectivity index (χ3n) is 3.11. The first-order valence-corrected chi connectivity index (χ1v) is 7.38. The van der Waals surface area contributed by atoms with Crippen LogP contribution in [0.25, 0.3) is 0 Å². The molecule has 0 saturated heterocycles. The average Bonchev–Trinajstić information content (AvgIpc) is 2.58. The van der Waals surface area contributed by atoms with E-state index in [1.54, 1.807) is 18.2 Å².